The number of allylic oxidation sites excluding steroid dienone is 2. The zero-order chi connectivity index (χ0) is 10.9. The van der Waals surface area contributed by atoms with Crippen molar-refractivity contribution in [2.45, 2.75) is 53.6 Å². The average Bonchev–Trinajstić information content (AvgIpc) is 2.11. The number of hydrogen-bond donors (Lipinski definition) is 1. The molecule has 0 bridgehead atoms. The van der Waals surface area contributed by atoms with Crippen molar-refractivity contribution in [2.24, 2.45) is 17.3 Å². The summed E-state index contributed by atoms with van der Waals surface area (Å²) in [7, 11) is 0. The molecule has 1 unspecified atom stereocenters. The van der Waals surface area contributed by atoms with Crippen molar-refractivity contribution in [1.29, 1.82) is 0 Å². The van der Waals surface area contributed by atoms with E-state index in [1.54, 1.807) is 0 Å². The molecule has 0 saturated heterocycles. The second-order valence-electron chi connectivity index (χ2n) is 5.32. The second kappa shape index (κ2) is 4.06. The third-order valence-corrected chi connectivity index (χ3v) is 4.09. The maximum absolute atomic E-state index is 10.1. The third kappa shape index (κ3) is 1.88. The van der Waals surface area contributed by atoms with Gasteiger partial charge in [0.05, 0.1) is 6.10 Å². The lowest BCUT2D eigenvalue weighted by Crippen LogP contribution is -2.41. The van der Waals surface area contributed by atoms with Crippen molar-refractivity contribution in [2.75, 3.05) is 0 Å². The molecule has 0 aromatic carbocycles. The highest BCUT2D eigenvalue weighted by Crippen LogP contribution is 2.46. The zero-order valence-corrected chi connectivity index (χ0v) is 10.2. The van der Waals surface area contributed by atoms with Gasteiger partial charge in [-0.3, -0.25) is 0 Å². The fraction of sp³-hybridized carbons (Fsp3) is 0.846. The summed E-state index contributed by atoms with van der Waals surface area (Å²) in [6.45, 7) is 11.0. The summed E-state index contributed by atoms with van der Waals surface area (Å²) >= 11 is 0. The molecule has 0 aromatic heterocycles. The minimum absolute atomic E-state index is 0.149. The van der Waals surface area contributed by atoms with E-state index in [0.717, 1.165) is 12.8 Å². The van der Waals surface area contributed by atoms with E-state index in [0.29, 0.717) is 11.8 Å². The van der Waals surface area contributed by atoms with E-state index in [1.807, 2.05) is 0 Å². The predicted molar refractivity (Wildman–Crippen MR) is 61.1 cm³/mol. The molecular formula is C13H24O. The molecule has 1 heteroatoms. The van der Waals surface area contributed by atoms with Crippen molar-refractivity contribution in [1.82, 2.24) is 0 Å². The molecule has 0 saturated carbocycles. The van der Waals surface area contributed by atoms with Crippen molar-refractivity contribution in [3.8, 4) is 0 Å². The van der Waals surface area contributed by atoms with Crippen molar-refractivity contribution >= 4 is 0 Å². The van der Waals surface area contributed by atoms with Gasteiger partial charge in [-0.15, -0.1) is 0 Å². The molecule has 0 aliphatic heterocycles. The molecule has 1 aliphatic rings. The maximum atomic E-state index is 10.1. The van der Waals surface area contributed by atoms with Gasteiger partial charge in [0.25, 0.3) is 0 Å². The minimum Gasteiger partial charge on any atom is -0.393 e. The second-order valence-corrected chi connectivity index (χ2v) is 5.32. The van der Waals surface area contributed by atoms with Crippen LogP contribution in [0.2, 0.25) is 0 Å². The first-order chi connectivity index (χ1) is 6.41. The standard InChI is InChI=1S/C13H24O/c1-6-11(14)12-9(2)7-8-10(3)13(12,4)5/h8-9,11-12,14H,6-7H2,1-5H3/t9-,11?,12+/m1/s1. The summed E-state index contributed by atoms with van der Waals surface area (Å²) in [5.41, 5.74) is 1.60. The minimum atomic E-state index is -0.149. The molecule has 0 fully saturated rings. The molecule has 1 rings (SSSR count). The van der Waals surface area contributed by atoms with Gasteiger partial charge in [0.15, 0.2) is 0 Å². The van der Waals surface area contributed by atoms with E-state index in [9.17, 15) is 5.11 Å². The Balaban J connectivity index is 2.96. The van der Waals surface area contributed by atoms with Gasteiger partial charge in [-0.05, 0) is 37.0 Å². The van der Waals surface area contributed by atoms with Gasteiger partial charge in [-0.25, -0.2) is 0 Å². The fourth-order valence-electron chi connectivity index (χ4n) is 2.86. The van der Waals surface area contributed by atoms with E-state index < -0.39 is 0 Å². The first-order valence-electron chi connectivity index (χ1n) is 5.76. The highest BCUT2D eigenvalue weighted by atomic mass is 16.3. The molecule has 0 spiro atoms. The Morgan fingerprint density at radius 1 is 1.57 bits per heavy atom. The lowest BCUT2D eigenvalue weighted by molar-refractivity contribution is 0.00869. The van der Waals surface area contributed by atoms with Crippen molar-refractivity contribution in [3.63, 3.8) is 0 Å². The summed E-state index contributed by atoms with van der Waals surface area (Å²) in [6, 6.07) is 0. The SMILES string of the molecule is CCC(O)[C@@H]1[C@H](C)CC=C(C)C1(C)C. The van der Waals surface area contributed by atoms with Gasteiger partial charge in [-0.1, -0.05) is 39.3 Å². The van der Waals surface area contributed by atoms with Crippen LogP contribution >= 0.6 is 0 Å². The van der Waals surface area contributed by atoms with Crippen LogP contribution in [0.4, 0.5) is 0 Å². The number of rotatable bonds is 2. The Bertz CT molecular complexity index is 227. The summed E-state index contributed by atoms with van der Waals surface area (Å²) in [5.74, 6) is 1.01. The Morgan fingerprint density at radius 3 is 2.64 bits per heavy atom. The number of aliphatic hydroxyl groups excluding tert-OH is 1. The first kappa shape index (κ1) is 11.8. The van der Waals surface area contributed by atoms with Gasteiger partial charge in [0.2, 0.25) is 0 Å². The van der Waals surface area contributed by atoms with Gasteiger partial charge in [-0.2, -0.15) is 0 Å². The highest BCUT2D eigenvalue weighted by Gasteiger charge is 2.40. The summed E-state index contributed by atoms with van der Waals surface area (Å²) < 4.78 is 0. The van der Waals surface area contributed by atoms with E-state index >= 15 is 0 Å². The summed E-state index contributed by atoms with van der Waals surface area (Å²) in [6.07, 6.45) is 4.18. The lowest BCUT2D eigenvalue weighted by Gasteiger charge is -2.45. The van der Waals surface area contributed by atoms with E-state index in [2.05, 4.69) is 40.7 Å². The quantitative estimate of drug-likeness (QED) is 0.671. The van der Waals surface area contributed by atoms with Crippen LogP contribution in [-0.2, 0) is 0 Å². The first-order valence-corrected chi connectivity index (χ1v) is 5.76. The molecule has 1 aliphatic carbocycles. The van der Waals surface area contributed by atoms with E-state index in [4.69, 9.17) is 0 Å². The Labute approximate surface area is 88.2 Å². The molecule has 0 heterocycles. The molecular weight excluding hydrogens is 172 g/mol. The Morgan fingerprint density at radius 2 is 2.14 bits per heavy atom. The van der Waals surface area contributed by atoms with Crippen LogP contribution < -0.4 is 0 Å². The van der Waals surface area contributed by atoms with Crippen molar-refractivity contribution < 1.29 is 5.11 Å². The predicted octanol–water partition coefficient (Wildman–Crippen LogP) is 3.39. The van der Waals surface area contributed by atoms with Crippen LogP contribution in [0.5, 0.6) is 0 Å². The van der Waals surface area contributed by atoms with Gasteiger partial charge < -0.3 is 5.11 Å². The molecule has 1 nitrogen and oxygen atoms in total. The molecule has 0 amide bonds. The Hall–Kier alpha value is -0.300. The monoisotopic (exact) mass is 196 g/mol. The molecule has 14 heavy (non-hydrogen) atoms. The molecule has 0 aromatic rings. The molecule has 0 radical (unpaired) electrons. The number of hydrogen-bond acceptors (Lipinski definition) is 1. The third-order valence-electron chi connectivity index (χ3n) is 4.09. The highest BCUT2D eigenvalue weighted by molar-refractivity contribution is 5.17. The van der Waals surface area contributed by atoms with Crippen LogP contribution in [0, 0.1) is 17.3 Å². The van der Waals surface area contributed by atoms with Crippen LogP contribution in [-0.4, -0.2) is 11.2 Å². The van der Waals surface area contributed by atoms with Crippen LogP contribution in [0.25, 0.3) is 0 Å². The van der Waals surface area contributed by atoms with Crippen LogP contribution in [0.15, 0.2) is 11.6 Å². The summed E-state index contributed by atoms with van der Waals surface area (Å²) in [4.78, 5) is 0. The smallest absolute Gasteiger partial charge is 0.0576 e. The normalized spacial score (nSPS) is 33.7. The largest absolute Gasteiger partial charge is 0.393 e. The van der Waals surface area contributed by atoms with E-state index in [-0.39, 0.29) is 11.5 Å². The average molecular weight is 196 g/mol. The van der Waals surface area contributed by atoms with Gasteiger partial charge >= 0.3 is 0 Å². The molecule has 1 N–H and O–H groups in total. The molecule has 82 valence electrons. The number of aliphatic hydroxyl groups is 1. The van der Waals surface area contributed by atoms with Gasteiger partial charge in [0, 0.05) is 0 Å². The Kier molecular flexibility index (Phi) is 3.41. The van der Waals surface area contributed by atoms with Crippen molar-refractivity contribution in [3.05, 3.63) is 11.6 Å². The lowest BCUT2D eigenvalue weighted by atomic mass is 9.61. The van der Waals surface area contributed by atoms with Crippen LogP contribution in [0.1, 0.15) is 47.5 Å². The zero-order valence-electron chi connectivity index (χ0n) is 10.2. The fourth-order valence-corrected chi connectivity index (χ4v) is 2.86. The van der Waals surface area contributed by atoms with Crippen LogP contribution in [0.3, 0.4) is 0 Å². The topological polar surface area (TPSA) is 20.2 Å². The van der Waals surface area contributed by atoms with Gasteiger partial charge in [0.1, 0.15) is 0 Å². The maximum Gasteiger partial charge on any atom is 0.0576 e. The molecule has 3 atom stereocenters. The van der Waals surface area contributed by atoms with E-state index in [1.165, 1.54) is 5.57 Å². The summed E-state index contributed by atoms with van der Waals surface area (Å²) in [5, 5.41) is 10.1.